The van der Waals surface area contributed by atoms with Gasteiger partial charge in [-0.1, -0.05) is 35.1 Å². The van der Waals surface area contributed by atoms with Crippen LogP contribution in [0.25, 0.3) is 0 Å². The molecule has 94 valence electrons. The summed E-state index contributed by atoms with van der Waals surface area (Å²) in [4.78, 5) is 24.6. The van der Waals surface area contributed by atoms with E-state index in [9.17, 15) is 9.59 Å². The summed E-state index contributed by atoms with van der Waals surface area (Å²) in [5.41, 5.74) is 1.29. The molecule has 0 amide bonds. The van der Waals surface area contributed by atoms with Crippen LogP contribution >= 0.6 is 22.9 Å². The van der Waals surface area contributed by atoms with E-state index in [2.05, 4.69) is 0 Å². The molecule has 0 bridgehead atoms. The standard InChI is InChI=1S/C13H12ClNO2S/c1-8-9(2)18-13(17)15(8)7-12(16)10-5-3-4-6-11(10)14/h3-6H,7H2,1-2H3. The van der Waals surface area contributed by atoms with Gasteiger partial charge in [0.2, 0.25) is 0 Å². The van der Waals surface area contributed by atoms with Crippen molar-refractivity contribution in [1.29, 1.82) is 0 Å². The van der Waals surface area contributed by atoms with Crippen molar-refractivity contribution < 1.29 is 4.79 Å². The summed E-state index contributed by atoms with van der Waals surface area (Å²) < 4.78 is 1.49. The van der Waals surface area contributed by atoms with Gasteiger partial charge in [0.1, 0.15) is 0 Å². The first-order valence-electron chi connectivity index (χ1n) is 5.45. The Morgan fingerprint density at radius 1 is 1.33 bits per heavy atom. The predicted molar refractivity (Wildman–Crippen MR) is 73.8 cm³/mol. The number of carbonyl (C=O) groups is 1. The number of thiazole rings is 1. The number of Topliss-reactive ketones (excluding diaryl/α,β-unsaturated/α-hetero) is 1. The predicted octanol–water partition coefficient (Wildman–Crippen LogP) is 3.06. The molecule has 0 fully saturated rings. The van der Waals surface area contributed by atoms with Crippen LogP contribution in [0.2, 0.25) is 5.02 Å². The number of halogens is 1. The Bertz CT molecular complexity index is 657. The molecule has 1 aromatic carbocycles. The number of benzene rings is 1. The number of hydrogen-bond donors (Lipinski definition) is 0. The number of aromatic nitrogens is 1. The van der Waals surface area contributed by atoms with E-state index in [-0.39, 0.29) is 17.2 Å². The maximum atomic E-state index is 12.1. The molecule has 2 aromatic rings. The van der Waals surface area contributed by atoms with E-state index in [1.165, 1.54) is 4.57 Å². The Morgan fingerprint density at radius 2 is 2.00 bits per heavy atom. The lowest BCUT2D eigenvalue weighted by Crippen LogP contribution is -2.20. The Labute approximate surface area is 114 Å². The fourth-order valence-corrected chi connectivity index (χ4v) is 2.76. The molecule has 0 aliphatic rings. The average Bonchev–Trinajstić information content (AvgIpc) is 2.56. The van der Waals surface area contributed by atoms with Crippen molar-refractivity contribution in [3.05, 3.63) is 55.1 Å². The quantitative estimate of drug-likeness (QED) is 0.811. The smallest absolute Gasteiger partial charge is 0.295 e. The van der Waals surface area contributed by atoms with Crippen LogP contribution in [-0.4, -0.2) is 10.4 Å². The molecule has 0 unspecified atom stereocenters. The largest absolute Gasteiger partial charge is 0.307 e. The van der Waals surface area contributed by atoms with E-state index in [1.54, 1.807) is 24.3 Å². The molecule has 0 spiro atoms. The van der Waals surface area contributed by atoms with E-state index in [4.69, 9.17) is 11.6 Å². The van der Waals surface area contributed by atoms with Gasteiger partial charge >= 0.3 is 4.87 Å². The zero-order chi connectivity index (χ0) is 13.3. The molecule has 0 saturated carbocycles. The van der Waals surface area contributed by atoms with Crippen LogP contribution in [0.3, 0.4) is 0 Å². The third kappa shape index (κ3) is 2.40. The molecule has 1 heterocycles. The summed E-state index contributed by atoms with van der Waals surface area (Å²) in [6.45, 7) is 3.75. The Hall–Kier alpha value is -1.39. The molecule has 1 aromatic heterocycles. The van der Waals surface area contributed by atoms with Crippen molar-refractivity contribution in [3.8, 4) is 0 Å². The molecule has 0 atom stereocenters. The first kappa shape index (κ1) is 13.1. The van der Waals surface area contributed by atoms with Crippen molar-refractivity contribution in [1.82, 2.24) is 4.57 Å². The second kappa shape index (κ2) is 5.08. The van der Waals surface area contributed by atoms with Crippen molar-refractivity contribution in [3.63, 3.8) is 0 Å². The first-order chi connectivity index (χ1) is 8.50. The fraction of sp³-hybridized carbons (Fsp3) is 0.231. The van der Waals surface area contributed by atoms with Crippen LogP contribution in [0.1, 0.15) is 20.9 Å². The molecule has 0 aliphatic heterocycles. The number of carbonyl (C=O) groups excluding carboxylic acids is 1. The minimum Gasteiger partial charge on any atom is -0.295 e. The molecule has 0 saturated heterocycles. The summed E-state index contributed by atoms with van der Waals surface area (Å²) in [5, 5.41) is 0.417. The van der Waals surface area contributed by atoms with E-state index in [1.807, 2.05) is 13.8 Å². The number of ketones is 1. The first-order valence-corrected chi connectivity index (χ1v) is 6.64. The van der Waals surface area contributed by atoms with Crippen LogP contribution in [0.5, 0.6) is 0 Å². The van der Waals surface area contributed by atoms with E-state index in [0.717, 1.165) is 21.9 Å². The molecule has 3 nitrogen and oxygen atoms in total. The van der Waals surface area contributed by atoms with Gasteiger partial charge in [0.25, 0.3) is 0 Å². The highest BCUT2D eigenvalue weighted by Gasteiger charge is 2.14. The average molecular weight is 282 g/mol. The van der Waals surface area contributed by atoms with Crippen molar-refractivity contribution >= 4 is 28.7 Å². The lowest BCUT2D eigenvalue weighted by molar-refractivity contribution is 0.0971. The summed E-state index contributed by atoms with van der Waals surface area (Å²) in [7, 11) is 0. The SMILES string of the molecule is Cc1sc(=O)n(CC(=O)c2ccccc2Cl)c1C. The zero-order valence-electron chi connectivity index (χ0n) is 10.1. The zero-order valence-corrected chi connectivity index (χ0v) is 11.6. The normalized spacial score (nSPS) is 10.6. The minimum absolute atomic E-state index is 0.0404. The van der Waals surface area contributed by atoms with Crippen LogP contribution in [0, 0.1) is 13.8 Å². The van der Waals surface area contributed by atoms with Crippen LogP contribution in [0.4, 0.5) is 0 Å². The van der Waals surface area contributed by atoms with Gasteiger partial charge in [-0.25, -0.2) is 0 Å². The Morgan fingerprint density at radius 3 is 2.56 bits per heavy atom. The molecule has 0 aliphatic carbocycles. The summed E-state index contributed by atoms with van der Waals surface area (Å²) in [5.74, 6) is -0.149. The maximum absolute atomic E-state index is 12.1. The number of hydrogen-bond acceptors (Lipinski definition) is 3. The number of aryl methyl sites for hydroxylation is 1. The highest BCUT2D eigenvalue weighted by molar-refractivity contribution is 7.09. The van der Waals surface area contributed by atoms with Crippen LogP contribution < -0.4 is 4.87 Å². The van der Waals surface area contributed by atoms with E-state index < -0.39 is 0 Å². The molecule has 0 radical (unpaired) electrons. The molecule has 5 heteroatoms. The van der Waals surface area contributed by atoms with Crippen molar-refractivity contribution in [2.45, 2.75) is 20.4 Å². The molecular formula is C13H12ClNO2S. The van der Waals surface area contributed by atoms with Gasteiger partial charge in [-0.2, -0.15) is 0 Å². The summed E-state index contributed by atoms with van der Waals surface area (Å²) in [6, 6.07) is 6.87. The third-order valence-corrected chi connectivity index (χ3v) is 4.18. The van der Waals surface area contributed by atoms with Crippen LogP contribution in [0.15, 0.2) is 29.1 Å². The second-order valence-electron chi connectivity index (χ2n) is 4.00. The summed E-state index contributed by atoms with van der Waals surface area (Å²) in [6.07, 6.45) is 0. The van der Waals surface area contributed by atoms with Gasteiger partial charge in [-0.3, -0.25) is 14.2 Å². The van der Waals surface area contributed by atoms with Gasteiger partial charge in [-0.05, 0) is 26.0 Å². The highest BCUT2D eigenvalue weighted by Crippen LogP contribution is 2.17. The molecule has 18 heavy (non-hydrogen) atoms. The molecule has 2 rings (SSSR count). The number of rotatable bonds is 3. The molecular weight excluding hydrogens is 270 g/mol. The topological polar surface area (TPSA) is 39.1 Å². The van der Waals surface area contributed by atoms with Crippen molar-refractivity contribution in [2.24, 2.45) is 0 Å². The van der Waals surface area contributed by atoms with Gasteiger partial charge in [0.05, 0.1) is 11.6 Å². The Kier molecular flexibility index (Phi) is 3.68. The maximum Gasteiger partial charge on any atom is 0.307 e. The summed E-state index contributed by atoms with van der Waals surface area (Å²) >= 11 is 7.12. The Balaban J connectivity index is 2.33. The van der Waals surface area contributed by atoms with Gasteiger partial charge in [-0.15, -0.1) is 0 Å². The van der Waals surface area contributed by atoms with Crippen molar-refractivity contribution in [2.75, 3.05) is 0 Å². The van der Waals surface area contributed by atoms with Gasteiger partial charge < -0.3 is 0 Å². The van der Waals surface area contributed by atoms with Gasteiger partial charge in [0.15, 0.2) is 5.78 Å². The third-order valence-electron chi connectivity index (χ3n) is 2.85. The van der Waals surface area contributed by atoms with E-state index >= 15 is 0 Å². The fourth-order valence-electron chi connectivity index (χ4n) is 1.69. The molecule has 0 N–H and O–H groups in total. The monoisotopic (exact) mass is 281 g/mol. The lowest BCUT2D eigenvalue weighted by Gasteiger charge is -2.05. The lowest BCUT2D eigenvalue weighted by atomic mass is 10.1. The van der Waals surface area contributed by atoms with Crippen LogP contribution in [-0.2, 0) is 6.54 Å². The highest BCUT2D eigenvalue weighted by atomic mass is 35.5. The second-order valence-corrected chi connectivity index (χ2v) is 5.57. The van der Waals surface area contributed by atoms with Gasteiger partial charge in [0, 0.05) is 16.1 Å². The van der Waals surface area contributed by atoms with E-state index in [0.29, 0.717) is 10.6 Å². The minimum atomic E-state index is -0.149. The number of nitrogens with zero attached hydrogens (tertiary/aromatic N) is 1.